The first-order chi connectivity index (χ1) is 6.33. The van der Waals surface area contributed by atoms with Crippen LogP contribution in [0.4, 0.5) is 0 Å². The van der Waals surface area contributed by atoms with Crippen LogP contribution in [-0.4, -0.2) is 16.5 Å². The molecule has 0 bridgehead atoms. The third kappa shape index (κ3) is 3.68. The maximum Gasteiger partial charge on any atom is 0.151 e. The van der Waals surface area contributed by atoms with E-state index in [2.05, 4.69) is 35.9 Å². The Hall–Kier alpha value is -1.39. The topological polar surface area (TPSA) is 74.5 Å². The Morgan fingerprint density at radius 3 is 2.85 bits per heavy atom. The second kappa shape index (κ2) is 5.29. The number of rotatable bonds is 3. The van der Waals surface area contributed by atoms with Crippen molar-refractivity contribution in [1.82, 2.24) is 9.97 Å². The zero-order valence-corrected chi connectivity index (χ0v) is 8.22. The second-order valence-corrected chi connectivity index (χ2v) is 2.99. The minimum atomic E-state index is 0.315. The van der Waals surface area contributed by atoms with E-state index in [0.29, 0.717) is 12.4 Å². The monoisotopic (exact) mass is 239 g/mol. The average Bonchev–Trinajstić information content (AvgIpc) is 2.15. The number of halogens is 1. The van der Waals surface area contributed by atoms with Crippen LogP contribution in [0, 0.1) is 0 Å². The summed E-state index contributed by atoms with van der Waals surface area (Å²) in [5.74, 6) is 0.594. The number of nitrogens with zero attached hydrogens (tertiary/aromatic N) is 5. The first-order valence-electron chi connectivity index (χ1n) is 3.48. The van der Waals surface area contributed by atoms with E-state index in [1.54, 1.807) is 24.5 Å². The van der Waals surface area contributed by atoms with Gasteiger partial charge in [-0.15, -0.1) is 0 Å². The Morgan fingerprint density at radius 1 is 1.54 bits per heavy atom. The normalized spacial score (nSPS) is 9.92. The summed E-state index contributed by atoms with van der Waals surface area (Å²) in [6.07, 6.45) is 6.70. The quantitative estimate of drug-likeness (QED) is 0.462. The van der Waals surface area contributed by atoms with Crippen molar-refractivity contribution in [3.63, 3.8) is 0 Å². The number of hydrogen-bond donors (Lipinski definition) is 0. The Balaban J connectivity index is 2.58. The van der Waals surface area contributed by atoms with Crippen LogP contribution in [0.25, 0.3) is 16.5 Å². The van der Waals surface area contributed by atoms with Crippen LogP contribution >= 0.6 is 15.9 Å². The molecule has 0 aliphatic carbocycles. The molecule has 6 heteroatoms. The Kier molecular flexibility index (Phi) is 3.95. The van der Waals surface area contributed by atoms with Crippen molar-refractivity contribution < 1.29 is 0 Å². The van der Waals surface area contributed by atoms with E-state index < -0.39 is 0 Å². The fourth-order valence-corrected chi connectivity index (χ4v) is 0.855. The summed E-state index contributed by atoms with van der Waals surface area (Å²) in [5, 5.41) is 3.33. The van der Waals surface area contributed by atoms with Gasteiger partial charge in [0.2, 0.25) is 0 Å². The number of azide groups is 1. The molecule has 1 aromatic rings. The van der Waals surface area contributed by atoms with Gasteiger partial charge in [-0.05, 0) is 27.5 Å². The van der Waals surface area contributed by atoms with Crippen LogP contribution in [0.2, 0.25) is 0 Å². The summed E-state index contributed by atoms with van der Waals surface area (Å²) in [4.78, 5) is 10.6. The van der Waals surface area contributed by atoms with Crippen molar-refractivity contribution in [2.45, 2.75) is 0 Å². The Morgan fingerprint density at radius 2 is 2.23 bits per heavy atom. The van der Waals surface area contributed by atoms with Crippen molar-refractivity contribution >= 4 is 22.0 Å². The lowest BCUT2D eigenvalue weighted by atomic mass is 10.4. The SMILES string of the molecule is [N-]=[N+]=NCC=Cc1ncc(Br)cn1. The summed E-state index contributed by atoms with van der Waals surface area (Å²) in [5.41, 5.74) is 7.99. The van der Waals surface area contributed by atoms with Crippen LogP contribution < -0.4 is 0 Å². The van der Waals surface area contributed by atoms with Gasteiger partial charge in [0, 0.05) is 23.9 Å². The smallest absolute Gasteiger partial charge is 0.151 e. The molecular formula is C7H6BrN5. The van der Waals surface area contributed by atoms with Crippen molar-refractivity contribution in [3.8, 4) is 0 Å². The first kappa shape index (κ1) is 9.70. The lowest BCUT2D eigenvalue weighted by molar-refractivity contribution is 1.11. The summed E-state index contributed by atoms with van der Waals surface area (Å²) in [6, 6.07) is 0. The van der Waals surface area contributed by atoms with Gasteiger partial charge in [-0.1, -0.05) is 11.2 Å². The first-order valence-corrected chi connectivity index (χ1v) is 4.27. The largest absolute Gasteiger partial charge is 0.236 e. The molecule has 0 aliphatic heterocycles. The Labute approximate surface area is 83.3 Å². The van der Waals surface area contributed by atoms with E-state index in [-0.39, 0.29) is 0 Å². The third-order valence-corrected chi connectivity index (χ3v) is 1.57. The van der Waals surface area contributed by atoms with E-state index in [9.17, 15) is 0 Å². The van der Waals surface area contributed by atoms with Gasteiger partial charge in [-0.25, -0.2) is 9.97 Å². The Bertz CT molecular complexity index is 338. The molecule has 1 rings (SSSR count). The van der Waals surface area contributed by atoms with E-state index in [1.807, 2.05) is 0 Å². The van der Waals surface area contributed by atoms with E-state index >= 15 is 0 Å². The molecule has 0 aliphatic rings. The van der Waals surface area contributed by atoms with Crippen molar-refractivity contribution in [2.24, 2.45) is 5.11 Å². The van der Waals surface area contributed by atoms with E-state index in [0.717, 1.165) is 4.47 Å². The van der Waals surface area contributed by atoms with Crippen LogP contribution in [0.15, 0.2) is 28.1 Å². The molecule has 0 radical (unpaired) electrons. The molecular weight excluding hydrogens is 234 g/mol. The lowest BCUT2D eigenvalue weighted by Gasteiger charge is -1.90. The van der Waals surface area contributed by atoms with Gasteiger partial charge in [-0.3, -0.25) is 0 Å². The zero-order valence-electron chi connectivity index (χ0n) is 6.63. The zero-order chi connectivity index (χ0) is 9.52. The minimum Gasteiger partial charge on any atom is -0.236 e. The molecule has 0 spiro atoms. The van der Waals surface area contributed by atoms with Crippen molar-refractivity contribution in [2.75, 3.05) is 6.54 Å². The highest BCUT2D eigenvalue weighted by atomic mass is 79.9. The minimum absolute atomic E-state index is 0.315. The molecule has 0 aromatic carbocycles. The highest BCUT2D eigenvalue weighted by Gasteiger charge is 1.88. The summed E-state index contributed by atoms with van der Waals surface area (Å²) < 4.78 is 0.833. The van der Waals surface area contributed by atoms with Gasteiger partial charge in [0.15, 0.2) is 5.82 Å². The third-order valence-electron chi connectivity index (χ3n) is 1.16. The molecule has 0 unspecified atom stereocenters. The summed E-state index contributed by atoms with van der Waals surface area (Å²) >= 11 is 3.22. The fourth-order valence-electron chi connectivity index (χ4n) is 0.650. The molecule has 0 fully saturated rings. The van der Waals surface area contributed by atoms with Crippen LogP contribution in [0.1, 0.15) is 5.82 Å². The molecule has 1 aromatic heterocycles. The van der Waals surface area contributed by atoms with E-state index in [1.165, 1.54) is 0 Å². The molecule has 66 valence electrons. The summed E-state index contributed by atoms with van der Waals surface area (Å²) in [7, 11) is 0. The molecule has 0 atom stereocenters. The molecule has 13 heavy (non-hydrogen) atoms. The van der Waals surface area contributed by atoms with E-state index in [4.69, 9.17) is 5.53 Å². The molecule has 0 saturated carbocycles. The highest BCUT2D eigenvalue weighted by Crippen LogP contribution is 2.04. The predicted molar refractivity (Wildman–Crippen MR) is 52.8 cm³/mol. The predicted octanol–water partition coefficient (Wildman–Crippen LogP) is 2.56. The van der Waals surface area contributed by atoms with Gasteiger partial charge >= 0.3 is 0 Å². The van der Waals surface area contributed by atoms with Crippen molar-refractivity contribution in [3.05, 3.63) is 39.2 Å². The van der Waals surface area contributed by atoms with Crippen LogP contribution in [-0.2, 0) is 0 Å². The molecule has 0 amide bonds. The summed E-state index contributed by atoms with van der Waals surface area (Å²) in [6.45, 7) is 0.315. The molecule has 1 heterocycles. The number of hydrogen-bond acceptors (Lipinski definition) is 3. The second-order valence-electron chi connectivity index (χ2n) is 2.08. The molecule has 0 N–H and O–H groups in total. The van der Waals surface area contributed by atoms with Gasteiger partial charge in [0.25, 0.3) is 0 Å². The highest BCUT2D eigenvalue weighted by molar-refractivity contribution is 9.10. The number of aromatic nitrogens is 2. The van der Waals surface area contributed by atoms with Crippen LogP contribution in [0.3, 0.4) is 0 Å². The van der Waals surface area contributed by atoms with Gasteiger partial charge in [0.05, 0.1) is 4.47 Å². The average molecular weight is 240 g/mol. The maximum absolute atomic E-state index is 7.99. The lowest BCUT2D eigenvalue weighted by Crippen LogP contribution is -1.85. The van der Waals surface area contributed by atoms with Gasteiger partial charge in [-0.2, -0.15) is 0 Å². The molecule has 5 nitrogen and oxygen atoms in total. The van der Waals surface area contributed by atoms with Crippen LogP contribution in [0.5, 0.6) is 0 Å². The van der Waals surface area contributed by atoms with Gasteiger partial charge < -0.3 is 0 Å². The standard InChI is InChI=1S/C7H6BrN5/c8-6-4-10-7(11-5-6)2-1-3-12-13-9/h1-2,4-5H,3H2. The fraction of sp³-hybridized carbons (Fsp3) is 0.143. The molecule has 0 saturated heterocycles. The maximum atomic E-state index is 7.99. The van der Waals surface area contributed by atoms with Gasteiger partial charge in [0.1, 0.15) is 0 Å². The van der Waals surface area contributed by atoms with Crippen molar-refractivity contribution in [1.29, 1.82) is 0 Å².